The van der Waals surface area contributed by atoms with Crippen LogP contribution in [-0.2, 0) is 0 Å². The molecule has 1 aromatic carbocycles. The molecular weight excluding hydrogens is 361 g/mol. The van der Waals surface area contributed by atoms with Gasteiger partial charge in [0.05, 0.1) is 5.56 Å². The Labute approximate surface area is 127 Å². The van der Waals surface area contributed by atoms with Crippen molar-refractivity contribution >= 4 is 40.1 Å². The van der Waals surface area contributed by atoms with E-state index in [0.717, 1.165) is 27.9 Å². The molecule has 1 saturated carbocycles. The van der Waals surface area contributed by atoms with E-state index in [4.69, 9.17) is 11.6 Å². The molecule has 2 rings (SSSR count). The molecule has 0 aliphatic heterocycles. The van der Waals surface area contributed by atoms with Crippen LogP contribution < -0.4 is 5.32 Å². The fourth-order valence-electron chi connectivity index (χ4n) is 2.34. The number of halogens is 2. The lowest BCUT2D eigenvalue weighted by Gasteiger charge is -2.27. The number of benzene rings is 1. The van der Waals surface area contributed by atoms with Gasteiger partial charge in [-0.1, -0.05) is 18.5 Å². The monoisotopic (exact) mass is 377 g/mol. The van der Waals surface area contributed by atoms with Gasteiger partial charge < -0.3 is 5.32 Å². The Balaban J connectivity index is 1.99. The highest BCUT2D eigenvalue weighted by Gasteiger charge is 2.21. The van der Waals surface area contributed by atoms with Crippen molar-refractivity contribution in [2.75, 3.05) is 0 Å². The lowest BCUT2D eigenvalue weighted by atomic mass is 9.87. The molecule has 1 aromatic rings. The molecule has 1 N–H and O–H groups in total. The van der Waals surface area contributed by atoms with Crippen LogP contribution >= 0.6 is 34.2 Å². The van der Waals surface area contributed by atoms with Crippen LogP contribution in [0.15, 0.2) is 18.2 Å². The van der Waals surface area contributed by atoms with E-state index < -0.39 is 0 Å². The van der Waals surface area contributed by atoms with Crippen molar-refractivity contribution in [3.8, 4) is 0 Å². The lowest BCUT2D eigenvalue weighted by Crippen LogP contribution is -2.37. The predicted octanol–water partition coefficient (Wildman–Crippen LogP) is 4.25. The van der Waals surface area contributed by atoms with Crippen LogP contribution in [0.2, 0.25) is 5.02 Å². The summed E-state index contributed by atoms with van der Waals surface area (Å²) in [7, 11) is 0. The van der Waals surface area contributed by atoms with Gasteiger partial charge in [0.1, 0.15) is 0 Å². The normalized spacial score (nSPS) is 23.7. The number of carbonyl (C=O) groups is 1. The molecule has 0 atom stereocenters. The average Bonchev–Trinajstić information content (AvgIpc) is 2.32. The van der Waals surface area contributed by atoms with Crippen LogP contribution in [-0.4, -0.2) is 11.9 Å². The first-order chi connectivity index (χ1) is 8.56. The van der Waals surface area contributed by atoms with Gasteiger partial charge in [-0.2, -0.15) is 0 Å². The molecule has 0 heterocycles. The first-order valence-electron chi connectivity index (χ1n) is 6.32. The molecular formula is C14H17ClINO. The second kappa shape index (κ2) is 6.24. The molecule has 98 valence electrons. The maximum absolute atomic E-state index is 12.2. The predicted molar refractivity (Wildman–Crippen MR) is 83.1 cm³/mol. The van der Waals surface area contributed by atoms with Gasteiger partial charge in [-0.15, -0.1) is 0 Å². The molecule has 0 radical (unpaired) electrons. The Morgan fingerprint density at radius 1 is 1.33 bits per heavy atom. The first kappa shape index (κ1) is 14.1. The number of rotatable bonds is 2. The van der Waals surface area contributed by atoms with Crippen molar-refractivity contribution in [2.24, 2.45) is 5.92 Å². The van der Waals surface area contributed by atoms with Gasteiger partial charge in [0.15, 0.2) is 0 Å². The summed E-state index contributed by atoms with van der Waals surface area (Å²) in [4.78, 5) is 12.2. The summed E-state index contributed by atoms with van der Waals surface area (Å²) in [6.07, 6.45) is 4.61. The van der Waals surface area contributed by atoms with Crippen LogP contribution in [0, 0.1) is 9.49 Å². The van der Waals surface area contributed by atoms with Crippen molar-refractivity contribution < 1.29 is 4.79 Å². The molecule has 0 spiro atoms. The highest BCUT2D eigenvalue weighted by molar-refractivity contribution is 14.1. The van der Waals surface area contributed by atoms with E-state index in [2.05, 4.69) is 34.8 Å². The second-order valence-corrected chi connectivity index (χ2v) is 6.65. The molecule has 1 aliphatic rings. The largest absolute Gasteiger partial charge is 0.349 e. The summed E-state index contributed by atoms with van der Waals surface area (Å²) >= 11 is 8.05. The third-order valence-electron chi connectivity index (χ3n) is 3.53. The first-order valence-corrected chi connectivity index (χ1v) is 7.78. The van der Waals surface area contributed by atoms with E-state index in [1.807, 2.05) is 6.07 Å². The van der Waals surface area contributed by atoms with Crippen LogP contribution in [0.4, 0.5) is 0 Å². The third kappa shape index (κ3) is 3.60. The molecule has 0 unspecified atom stereocenters. The standard InChI is InChI=1S/C14H17ClINO/c1-9-2-5-11(6-3-9)17-14(18)12-7-4-10(15)8-13(12)16/h4,7-9,11H,2-3,5-6H2,1H3,(H,17,18). The summed E-state index contributed by atoms with van der Waals surface area (Å²) in [5, 5.41) is 3.80. The summed E-state index contributed by atoms with van der Waals surface area (Å²) in [6, 6.07) is 5.71. The molecule has 18 heavy (non-hydrogen) atoms. The van der Waals surface area contributed by atoms with Crippen molar-refractivity contribution in [1.82, 2.24) is 5.32 Å². The highest BCUT2D eigenvalue weighted by Crippen LogP contribution is 2.24. The zero-order valence-electron chi connectivity index (χ0n) is 10.4. The number of hydrogen-bond acceptors (Lipinski definition) is 1. The van der Waals surface area contributed by atoms with E-state index in [1.165, 1.54) is 12.8 Å². The molecule has 0 bridgehead atoms. The topological polar surface area (TPSA) is 29.1 Å². The fourth-order valence-corrected chi connectivity index (χ4v) is 3.46. The minimum Gasteiger partial charge on any atom is -0.349 e. The van der Waals surface area contributed by atoms with Gasteiger partial charge in [-0.25, -0.2) is 0 Å². The summed E-state index contributed by atoms with van der Waals surface area (Å²) in [6.45, 7) is 2.28. The van der Waals surface area contributed by atoms with E-state index in [9.17, 15) is 4.79 Å². The number of hydrogen-bond donors (Lipinski definition) is 1. The summed E-state index contributed by atoms with van der Waals surface area (Å²) < 4.78 is 0.904. The smallest absolute Gasteiger partial charge is 0.252 e. The fraction of sp³-hybridized carbons (Fsp3) is 0.500. The zero-order chi connectivity index (χ0) is 13.1. The summed E-state index contributed by atoms with van der Waals surface area (Å²) in [5.74, 6) is 0.824. The van der Waals surface area contributed by atoms with E-state index in [0.29, 0.717) is 11.1 Å². The number of nitrogens with one attached hydrogen (secondary N) is 1. The molecule has 0 saturated heterocycles. The van der Waals surface area contributed by atoms with Gasteiger partial charge in [0, 0.05) is 14.6 Å². The number of amides is 1. The van der Waals surface area contributed by atoms with Gasteiger partial charge in [-0.05, 0) is 72.4 Å². The third-order valence-corrected chi connectivity index (χ3v) is 4.65. The van der Waals surface area contributed by atoms with E-state index in [-0.39, 0.29) is 5.91 Å². The van der Waals surface area contributed by atoms with Gasteiger partial charge >= 0.3 is 0 Å². The van der Waals surface area contributed by atoms with Gasteiger partial charge in [0.2, 0.25) is 0 Å². The molecule has 1 fully saturated rings. The number of carbonyl (C=O) groups excluding carboxylic acids is 1. The maximum atomic E-state index is 12.2. The average molecular weight is 378 g/mol. The molecule has 2 nitrogen and oxygen atoms in total. The Bertz CT molecular complexity index is 441. The van der Waals surface area contributed by atoms with Crippen molar-refractivity contribution in [2.45, 2.75) is 38.6 Å². The van der Waals surface area contributed by atoms with Crippen molar-refractivity contribution in [1.29, 1.82) is 0 Å². The quantitative estimate of drug-likeness (QED) is 0.767. The van der Waals surface area contributed by atoms with E-state index in [1.54, 1.807) is 12.1 Å². The Morgan fingerprint density at radius 3 is 2.61 bits per heavy atom. The second-order valence-electron chi connectivity index (χ2n) is 5.05. The molecule has 1 aliphatic carbocycles. The van der Waals surface area contributed by atoms with Crippen LogP contribution in [0.5, 0.6) is 0 Å². The molecule has 0 aromatic heterocycles. The highest BCUT2D eigenvalue weighted by atomic mass is 127. The SMILES string of the molecule is CC1CCC(NC(=O)c2ccc(Cl)cc2I)CC1. The zero-order valence-corrected chi connectivity index (χ0v) is 13.3. The molecule has 1 amide bonds. The van der Waals surface area contributed by atoms with Gasteiger partial charge in [-0.3, -0.25) is 4.79 Å². The minimum atomic E-state index is 0.0237. The Kier molecular flexibility index (Phi) is 4.90. The summed E-state index contributed by atoms with van der Waals surface area (Å²) in [5.41, 5.74) is 0.721. The van der Waals surface area contributed by atoms with Crippen LogP contribution in [0.1, 0.15) is 43.0 Å². The molecule has 4 heteroatoms. The maximum Gasteiger partial charge on any atom is 0.252 e. The minimum absolute atomic E-state index is 0.0237. The lowest BCUT2D eigenvalue weighted by molar-refractivity contribution is 0.0922. The van der Waals surface area contributed by atoms with Crippen LogP contribution in [0.3, 0.4) is 0 Å². The Hall–Kier alpha value is -0.290. The Morgan fingerprint density at radius 2 is 2.00 bits per heavy atom. The van der Waals surface area contributed by atoms with Crippen LogP contribution in [0.25, 0.3) is 0 Å². The van der Waals surface area contributed by atoms with Crippen molar-refractivity contribution in [3.05, 3.63) is 32.4 Å². The van der Waals surface area contributed by atoms with Gasteiger partial charge in [0.25, 0.3) is 5.91 Å². The van der Waals surface area contributed by atoms with E-state index >= 15 is 0 Å². The van der Waals surface area contributed by atoms with Crippen molar-refractivity contribution in [3.63, 3.8) is 0 Å².